The minimum Gasteiger partial charge on any atom is -0.496 e. The summed E-state index contributed by atoms with van der Waals surface area (Å²) in [6.45, 7) is 0.411. The summed E-state index contributed by atoms with van der Waals surface area (Å²) in [7, 11) is 1.69. The van der Waals surface area contributed by atoms with Gasteiger partial charge in [0.25, 0.3) is 0 Å². The van der Waals surface area contributed by atoms with Gasteiger partial charge >= 0.3 is 5.97 Å². The first kappa shape index (κ1) is 19.4. The first-order valence-corrected chi connectivity index (χ1v) is 10.7. The largest absolute Gasteiger partial charge is 0.496 e. The number of rotatable bonds is 7. The molecule has 1 fully saturated rings. The molecule has 0 aliphatic heterocycles. The van der Waals surface area contributed by atoms with E-state index in [9.17, 15) is 9.90 Å². The topological polar surface area (TPSA) is 51.5 Å². The molecule has 1 aliphatic carbocycles. The number of aliphatic carboxylic acids is 1. The third-order valence-electron chi connectivity index (χ3n) is 6.11. The van der Waals surface area contributed by atoms with Crippen molar-refractivity contribution >= 4 is 16.9 Å². The lowest BCUT2D eigenvalue weighted by Gasteiger charge is -2.14. The summed E-state index contributed by atoms with van der Waals surface area (Å²) < 4.78 is 7.90. The maximum absolute atomic E-state index is 11.5. The zero-order chi connectivity index (χ0) is 21.4. The van der Waals surface area contributed by atoms with Crippen molar-refractivity contribution in [3.8, 4) is 28.1 Å². The van der Waals surface area contributed by atoms with Crippen molar-refractivity contribution < 1.29 is 14.6 Å². The molecule has 0 saturated heterocycles. The second-order valence-corrected chi connectivity index (χ2v) is 8.14. The van der Waals surface area contributed by atoms with Crippen molar-refractivity contribution in [2.75, 3.05) is 7.11 Å². The van der Waals surface area contributed by atoms with Crippen LogP contribution in [0, 0.1) is 0 Å². The van der Waals surface area contributed by atoms with Gasteiger partial charge in [0, 0.05) is 28.6 Å². The van der Waals surface area contributed by atoms with E-state index in [-0.39, 0.29) is 6.42 Å². The maximum atomic E-state index is 11.5. The highest BCUT2D eigenvalue weighted by molar-refractivity contribution is 6.06. The number of benzene rings is 3. The zero-order valence-corrected chi connectivity index (χ0v) is 17.5. The number of aryl methyl sites for hydroxylation is 1. The number of carboxylic acids is 1. The lowest BCUT2D eigenvalue weighted by Crippen LogP contribution is -2.06. The number of hydrogen-bond donors (Lipinski definition) is 1. The van der Waals surface area contributed by atoms with E-state index in [1.165, 1.54) is 18.4 Å². The highest BCUT2D eigenvalue weighted by Crippen LogP contribution is 2.47. The van der Waals surface area contributed by atoms with Crippen LogP contribution in [0.3, 0.4) is 0 Å². The van der Waals surface area contributed by atoms with Gasteiger partial charge in [-0.1, -0.05) is 54.6 Å². The normalized spacial score (nSPS) is 13.5. The lowest BCUT2D eigenvalue weighted by atomic mass is 9.96. The Hall–Kier alpha value is -3.53. The van der Waals surface area contributed by atoms with E-state index in [1.54, 1.807) is 7.11 Å². The van der Waals surface area contributed by atoms with E-state index in [1.807, 2.05) is 36.4 Å². The summed E-state index contributed by atoms with van der Waals surface area (Å²) in [6, 6.07) is 25.0. The number of carbonyl (C=O) groups is 1. The monoisotopic (exact) mass is 411 g/mol. The third-order valence-corrected chi connectivity index (χ3v) is 6.11. The average Bonchev–Trinajstić information content (AvgIpc) is 3.60. The third kappa shape index (κ3) is 3.59. The fraction of sp³-hybridized carbons (Fsp3) is 0.222. The van der Waals surface area contributed by atoms with Crippen molar-refractivity contribution in [3.05, 3.63) is 78.4 Å². The number of aromatic nitrogens is 1. The number of carboxylic acid groups (broad SMARTS) is 1. The summed E-state index contributed by atoms with van der Waals surface area (Å²) >= 11 is 0. The van der Waals surface area contributed by atoms with Gasteiger partial charge in [-0.05, 0) is 48.1 Å². The molecule has 1 heterocycles. The smallest absolute Gasteiger partial charge is 0.305 e. The van der Waals surface area contributed by atoms with Crippen LogP contribution in [-0.2, 0) is 11.3 Å². The van der Waals surface area contributed by atoms with E-state index >= 15 is 0 Å². The number of nitrogens with zero attached hydrogens (tertiary/aromatic N) is 1. The predicted octanol–water partition coefficient (Wildman–Crippen LogP) is 6.34. The minimum absolute atomic E-state index is 0.0688. The molecule has 0 radical (unpaired) electrons. The summed E-state index contributed by atoms with van der Waals surface area (Å²) in [5.41, 5.74) is 6.65. The minimum atomic E-state index is -0.797. The molecule has 4 heteroatoms. The molecule has 0 atom stereocenters. The number of methoxy groups -OCH3 is 1. The van der Waals surface area contributed by atoms with Crippen LogP contribution >= 0.6 is 0 Å². The number of ether oxygens (including phenoxy) is 1. The van der Waals surface area contributed by atoms with Crippen LogP contribution in [0.4, 0.5) is 0 Å². The van der Waals surface area contributed by atoms with Crippen LogP contribution < -0.4 is 4.74 Å². The molecule has 0 unspecified atom stereocenters. The molecule has 0 bridgehead atoms. The van der Waals surface area contributed by atoms with Gasteiger partial charge in [0.1, 0.15) is 5.75 Å². The summed E-state index contributed by atoms with van der Waals surface area (Å²) in [6.07, 6.45) is 2.54. The molecule has 4 nitrogen and oxygen atoms in total. The Morgan fingerprint density at radius 3 is 2.48 bits per heavy atom. The average molecular weight is 412 g/mol. The molecular weight excluding hydrogens is 386 g/mol. The Kier molecular flexibility index (Phi) is 4.99. The van der Waals surface area contributed by atoms with E-state index in [0.29, 0.717) is 12.5 Å². The Bertz CT molecular complexity index is 1250. The molecule has 0 spiro atoms. The van der Waals surface area contributed by atoms with Gasteiger partial charge in [-0.25, -0.2) is 0 Å². The predicted molar refractivity (Wildman–Crippen MR) is 124 cm³/mol. The van der Waals surface area contributed by atoms with Crippen LogP contribution in [0.25, 0.3) is 33.3 Å². The van der Waals surface area contributed by atoms with Crippen molar-refractivity contribution in [1.82, 2.24) is 4.57 Å². The lowest BCUT2D eigenvalue weighted by molar-refractivity contribution is -0.137. The van der Waals surface area contributed by atoms with Crippen molar-refractivity contribution in [2.45, 2.75) is 31.7 Å². The fourth-order valence-electron chi connectivity index (χ4n) is 4.50. The van der Waals surface area contributed by atoms with E-state index < -0.39 is 5.97 Å². The van der Waals surface area contributed by atoms with Crippen molar-refractivity contribution in [3.63, 3.8) is 0 Å². The van der Waals surface area contributed by atoms with Gasteiger partial charge in [-0.3, -0.25) is 4.79 Å². The summed E-state index contributed by atoms with van der Waals surface area (Å²) in [4.78, 5) is 11.5. The second-order valence-electron chi connectivity index (χ2n) is 8.14. The van der Waals surface area contributed by atoms with Gasteiger partial charge in [0.2, 0.25) is 0 Å². The van der Waals surface area contributed by atoms with Gasteiger partial charge < -0.3 is 14.4 Å². The van der Waals surface area contributed by atoms with Gasteiger partial charge in [0.05, 0.1) is 19.2 Å². The molecule has 1 aromatic heterocycles. The molecule has 31 heavy (non-hydrogen) atoms. The number of para-hydroxylation sites is 1. The van der Waals surface area contributed by atoms with Crippen LogP contribution in [0.1, 0.15) is 30.7 Å². The van der Waals surface area contributed by atoms with Crippen molar-refractivity contribution in [2.24, 2.45) is 0 Å². The van der Waals surface area contributed by atoms with Crippen molar-refractivity contribution in [1.29, 1.82) is 0 Å². The van der Waals surface area contributed by atoms with Crippen LogP contribution in [0.2, 0.25) is 0 Å². The first-order valence-electron chi connectivity index (χ1n) is 10.7. The molecule has 1 N–H and O–H groups in total. The Morgan fingerprint density at radius 1 is 1.03 bits per heavy atom. The van der Waals surface area contributed by atoms with E-state index in [4.69, 9.17) is 4.74 Å². The van der Waals surface area contributed by atoms with Crippen LogP contribution in [0.5, 0.6) is 5.75 Å². The molecule has 5 rings (SSSR count). The molecule has 3 aromatic carbocycles. The van der Waals surface area contributed by atoms with E-state index in [0.717, 1.165) is 39.0 Å². The standard InChI is InChI=1S/C27H25NO3/c1-31-24-10-6-5-9-21(24)26-22-17-20(18-11-12-18)13-14-23(22)28(16-15-25(29)30)27(26)19-7-3-2-4-8-19/h2-10,13-14,17-18H,11-12,15-16H2,1H3,(H,29,30). The maximum Gasteiger partial charge on any atom is 0.305 e. The highest BCUT2D eigenvalue weighted by Gasteiger charge is 2.27. The van der Waals surface area contributed by atoms with Crippen LogP contribution in [-0.4, -0.2) is 22.8 Å². The highest BCUT2D eigenvalue weighted by atomic mass is 16.5. The molecular formula is C27H25NO3. The molecule has 0 amide bonds. The second kappa shape index (κ2) is 7.95. The number of fused-ring (bicyclic) bond motifs is 1. The van der Waals surface area contributed by atoms with Gasteiger partial charge in [-0.15, -0.1) is 0 Å². The Labute approximate surface area is 181 Å². The quantitative estimate of drug-likeness (QED) is 0.386. The van der Waals surface area contributed by atoms with Gasteiger partial charge in [-0.2, -0.15) is 0 Å². The summed E-state index contributed by atoms with van der Waals surface area (Å²) in [5, 5.41) is 10.6. The Balaban J connectivity index is 1.86. The summed E-state index contributed by atoms with van der Waals surface area (Å²) in [5.74, 6) is 0.653. The first-order chi connectivity index (χ1) is 15.2. The number of hydrogen-bond acceptors (Lipinski definition) is 2. The molecule has 156 valence electrons. The molecule has 1 saturated carbocycles. The van der Waals surface area contributed by atoms with E-state index in [2.05, 4.69) is 41.0 Å². The Morgan fingerprint density at radius 2 is 1.77 bits per heavy atom. The fourth-order valence-corrected chi connectivity index (χ4v) is 4.50. The zero-order valence-electron chi connectivity index (χ0n) is 17.5. The van der Waals surface area contributed by atoms with Gasteiger partial charge in [0.15, 0.2) is 0 Å². The molecule has 1 aliphatic rings. The SMILES string of the molecule is COc1ccccc1-c1c(-c2ccccc2)n(CCC(=O)O)c2ccc(C3CC3)cc12. The van der Waals surface area contributed by atoms with Crippen LogP contribution in [0.15, 0.2) is 72.8 Å². The molecule has 4 aromatic rings.